The molecular formula is C25H30N4O2. The zero-order valence-corrected chi connectivity index (χ0v) is 17.7. The van der Waals surface area contributed by atoms with E-state index in [1.165, 1.54) is 5.56 Å². The summed E-state index contributed by atoms with van der Waals surface area (Å²) in [6.07, 6.45) is 2.43. The first-order valence-electron chi connectivity index (χ1n) is 11.0. The lowest BCUT2D eigenvalue weighted by Crippen LogP contribution is -2.47. The van der Waals surface area contributed by atoms with Gasteiger partial charge in [-0.1, -0.05) is 48.5 Å². The molecule has 0 aliphatic carbocycles. The molecule has 2 heterocycles. The average molecular weight is 419 g/mol. The van der Waals surface area contributed by atoms with Crippen molar-refractivity contribution in [1.82, 2.24) is 15.6 Å². The van der Waals surface area contributed by atoms with Gasteiger partial charge in [-0.2, -0.15) is 0 Å². The monoisotopic (exact) mass is 418 g/mol. The van der Waals surface area contributed by atoms with Crippen molar-refractivity contribution in [3.63, 3.8) is 0 Å². The van der Waals surface area contributed by atoms with Gasteiger partial charge in [-0.25, -0.2) is 4.98 Å². The molecular weight excluding hydrogens is 388 g/mol. The molecule has 1 aromatic heterocycles. The van der Waals surface area contributed by atoms with E-state index in [1.807, 2.05) is 54.6 Å². The number of carbonyl (C=O) groups is 1. The Morgan fingerprint density at radius 1 is 1.13 bits per heavy atom. The Morgan fingerprint density at radius 2 is 1.94 bits per heavy atom. The van der Waals surface area contributed by atoms with Crippen LogP contribution in [0.15, 0.2) is 66.7 Å². The molecule has 1 aliphatic rings. The van der Waals surface area contributed by atoms with Crippen LogP contribution in [0.3, 0.4) is 0 Å². The number of hydrogen-bond acceptors (Lipinski definition) is 5. The Balaban J connectivity index is 1.40. The van der Waals surface area contributed by atoms with E-state index < -0.39 is 0 Å². The Bertz CT molecular complexity index is 995. The molecule has 4 rings (SSSR count). The maximum atomic E-state index is 12.8. The Hall–Kier alpha value is -2.96. The fraction of sp³-hybridized carbons (Fsp3) is 0.360. The molecule has 162 valence electrons. The number of aryl methyl sites for hydroxylation is 1. The number of hydrogen-bond donors (Lipinski definition) is 3. The van der Waals surface area contributed by atoms with Crippen LogP contribution in [0, 0.1) is 5.92 Å². The van der Waals surface area contributed by atoms with Crippen molar-refractivity contribution in [1.29, 1.82) is 0 Å². The van der Waals surface area contributed by atoms with Crippen molar-refractivity contribution in [2.45, 2.75) is 31.3 Å². The molecule has 0 radical (unpaired) electrons. The third-order valence-electron chi connectivity index (χ3n) is 5.85. The van der Waals surface area contributed by atoms with Crippen molar-refractivity contribution in [2.75, 3.05) is 19.7 Å². The quantitative estimate of drug-likeness (QED) is 0.497. The number of ether oxygens (including phenoxy) is 1. The summed E-state index contributed by atoms with van der Waals surface area (Å²) in [5, 5.41) is 7.55. The Morgan fingerprint density at radius 3 is 2.74 bits per heavy atom. The molecule has 2 aromatic carbocycles. The number of pyridine rings is 1. The van der Waals surface area contributed by atoms with Crippen LogP contribution in [0.25, 0.3) is 10.9 Å². The highest BCUT2D eigenvalue weighted by molar-refractivity contribution is 5.82. The number of nitrogens with zero attached hydrogens (tertiary/aromatic N) is 1. The summed E-state index contributed by atoms with van der Waals surface area (Å²) in [4.78, 5) is 17.4. The van der Waals surface area contributed by atoms with Gasteiger partial charge in [0.1, 0.15) is 6.61 Å². The van der Waals surface area contributed by atoms with Crippen LogP contribution in [0.5, 0.6) is 5.88 Å². The molecule has 31 heavy (non-hydrogen) atoms. The molecule has 3 atom stereocenters. The van der Waals surface area contributed by atoms with E-state index in [-0.39, 0.29) is 18.0 Å². The smallest absolute Gasteiger partial charge is 0.237 e. The summed E-state index contributed by atoms with van der Waals surface area (Å²) in [7, 11) is 0. The molecule has 1 aliphatic heterocycles. The molecule has 0 bridgehead atoms. The summed E-state index contributed by atoms with van der Waals surface area (Å²) in [5.74, 6) is 0.945. The van der Waals surface area contributed by atoms with Crippen LogP contribution in [-0.2, 0) is 11.2 Å². The highest BCUT2D eigenvalue weighted by Crippen LogP contribution is 2.17. The van der Waals surface area contributed by atoms with Gasteiger partial charge in [-0.05, 0) is 56.0 Å². The number of para-hydroxylation sites is 1. The zero-order chi connectivity index (χ0) is 21.5. The lowest BCUT2D eigenvalue weighted by molar-refractivity contribution is -0.123. The second-order valence-electron chi connectivity index (χ2n) is 8.18. The van der Waals surface area contributed by atoms with E-state index in [4.69, 9.17) is 10.5 Å². The predicted molar refractivity (Wildman–Crippen MR) is 123 cm³/mol. The number of nitrogens with one attached hydrogen (secondary N) is 2. The summed E-state index contributed by atoms with van der Waals surface area (Å²) < 4.78 is 6.00. The minimum Gasteiger partial charge on any atom is -0.475 e. The van der Waals surface area contributed by atoms with Crippen LogP contribution in [-0.4, -0.2) is 42.7 Å². The Labute approximate surface area is 183 Å². The van der Waals surface area contributed by atoms with Crippen molar-refractivity contribution in [3.8, 4) is 5.88 Å². The normalized spacial score (nSPS) is 19.3. The van der Waals surface area contributed by atoms with Gasteiger partial charge < -0.3 is 21.1 Å². The van der Waals surface area contributed by atoms with Crippen molar-refractivity contribution >= 4 is 16.8 Å². The maximum Gasteiger partial charge on any atom is 0.237 e. The number of amides is 1. The van der Waals surface area contributed by atoms with Crippen molar-refractivity contribution in [3.05, 3.63) is 72.3 Å². The molecule has 0 spiro atoms. The third kappa shape index (κ3) is 5.81. The summed E-state index contributed by atoms with van der Waals surface area (Å²) in [6.45, 7) is 1.77. The first-order chi connectivity index (χ1) is 15.2. The second kappa shape index (κ2) is 10.4. The van der Waals surface area contributed by atoms with Crippen LogP contribution in [0.1, 0.15) is 18.4 Å². The SMILES string of the molecule is NC[C@@H]1CN[C@@H](C(=O)NC(CCc2ccccc2)COc2ccc3ccccc3n2)C1. The van der Waals surface area contributed by atoms with Gasteiger partial charge in [0.15, 0.2) is 0 Å². The van der Waals surface area contributed by atoms with E-state index in [0.29, 0.717) is 24.9 Å². The Kier molecular flexibility index (Phi) is 7.12. The molecule has 1 fully saturated rings. The topological polar surface area (TPSA) is 89.3 Å². The number of fused-ring (bicyclic) bond motifs is 1. The van der Waals surface area contributed by atoms with Gasteiger partial charge in [0.2, 0.25) is 11.8 Å². The lowest BCUT2D eigenvalue weighted by atomic mass is 10.0. The minimum atomic E-state index is -0.188. The number of aromatic nitrogens is 1. The van der Waals surface area contributed by atoms with Crippen molar-refractivity contribution < 1.29 is 9.53 Å². The highest BCUT2D eigenvalue weighted by Gasteiger charge is 2.29. The first-order valence-corrected chi connectivity index (χ1v) is 11.0. The summed E-state index contributed by atoms with van der Waals surface area (Å²) >= 11 is 0. The molecule has 1 amide bonds. The molecule has 1 saturated heterocycles. The maximum absolute atomic E-state index is 12.8. The molecule has 3 aromatic rings. The molecule has 1 unspecified atom stereocenters. The van der Waals surface area contributed by atoms with E-state index >= 15 is 0 Å². The molecule has 6 heteroatoms. The van der Waals surface area contributed by atoms with Gasteiger partial charge >= 0.3 is 0 Å². The predicted octanol–water partition coefficient (Wildman–Crippen LogP) is 2.67. The summed E-state index contributed by atoms with van der Waals surface area (Å²) in [5.41, 5.74) is 7.90. The van der Waals surface area contributed by atoms with Gasteiger partial charge in [-0.3, -0.25) is 4.79 Å². The fourth-order valence-corrected chi connectivity index (χ4v) is 3.99. The van der Waals surface area contributed by atoms with Crippen LogP contribution in [0.2, 0.25) is 0 Å². The van der Waals surface area contributed by atoms with Gasteiger partial charge in [0.05, 0.1) is 17.6 Å². The average Bonchev–Trinajstić information content (AvgIpc) is 3.31. The molecule has 6 nitrogen and oxygen atoms in total. The van der Waals surface area contributed by atoms with Gasteiger partial charge in [0.25, 0.3) is 0 Å². The van der Waals surface area contributed by atoms with E-state index in [9.17, 15) is 4.79 Å². The van der Waals surface area contributed by atoms with Gasteiger partial charge in [-0.15, -0.1) is 0 Å². The number of rotatable bonds is 9. The van der Waals surface area contributed by atoms with Crippen LogP contribution in [0.4, 0.5) is 0 Å². The second-order valence-corrected chi connectivity index (χ2v) is 8.18. The zero-order valence-electron chi connectivity index (χ0n) is 17.7. The fourth-order valence-electron chi connectivity index (χ4n) is 3.99. The van der Waals surface area contributed by atoms with Crippen LogP contribution >= 0.6 is 0 Å². The minimum absolute atomic E-state index is 0.0177. The van der Waals surface area contributed by atoms with E-state index in [2.05, 4.69) is 27.8 Å². The lowest BCUT2D eigenvalue weighted by Gasteiger charge is -2.21. The van der Waals surface area contributed by atoms with E-state index in [1.54, 1.807) is 0 Å². The first kappa shape index (κ1) is 21.3. The highest BCUT2D eigenvalue weighted by atomic mass is 16.5. The largest absolute Gasteiger partial charge is 0.475 e. The molecule has 0 saturated carbocycles. The number of carbonyl (C=O) groups excluding carboxylic acids is 1. The third-order valence-corrected chi connectivity index (χ3v) is 5.85. The molecule has 4 N–H and O–H groups in total. The van der Waals surface area contributed by atoms with Crippen molar-refractivity contribution in [2.24, 2.45) is 11.7 Å². The van der Waals surface area contributed by atoms with Crippen LogP contribution < -0.4 is 21.1 Å². The van der Waals surface area contributed by atoms with E-state index in [0.717, 1.165) is 36.7 Å². The summed E-state index contributed by atoms with van der Waals surface area (Å²) in [6, 6.07) is 21.8. The number of nitrogens with two attached hydrogens (primary N) is 1. The van der Waals surface area contributed by atoms with Gasteiger partial charge in [0, 0.05) is 11.5 Å². The number of benzene rings is 2. The standard InChI is InChI=1S/C25H30N4O2/c26-15-19-14-23(27-16-19)25(30)28-21(12-10-18-6-2-1-3-7-18)17-31-24-13-11-20-8-4-5-9-22(20)29-24/h1-9,11,13,19,21,23,27H,10,12,14-17,26H2,(H,28,30)/t19-,21?,23-/m1/s1.